The van der Waals surface area contributed by atoms with Crippen LogP contribution in [-0.4, -0.2) is 39.9 Å². The summed E-state index contributed by atoms with van der Waals surface area (Å²) in [6.07, 6.45) is 2.36. The van der Waals surface area contributed by atoms with Crippen LogP contribution < -0.4 is 15.2 Å². The van der Waals surface area contributed by atoms with Gasteiger partial charge in [-0.2, -0.15) is 5.10 Å². The van der Waals surface area contributed by atoms with Crippen molar-refractivity contribution in [2.45, 2.75) is 31.7 Å². The molecule has 0 radical (unpaired) electrons. The highest BCUT2D eigenvalue weighted by molar-refractivity contribution is 5.66. The fraction of sp³-hybridized carbons (Fsp3) is 0.364. The molecule has 1 saturated heterocycles. The van der Waals surface area contributed by atoms with E-state index in [0.29, 0.717) is 19.0 Å². The lowest BCUT2D eigenvalue weighted by Gasteiger charge is -2.40. The van der Waals surface area contributed by atoms with Gasteiger partial charge in [-0.15, -0.1) is 0 Å². The topological polar surface area (TPSA) is 73.1 Å². The SMILES string of the molecule is COc1ccccc1-c1ccc(=O)n(C2CN(c3cc(C)nc(C4CC4)n3)C2)n1. The van der Waals surface area contributed by atoms with Crippen LogP contribution in [0.2, 0.25) is 0 Å². The van der Waals surface area contributed by atoms with Crippen LogP contribution in [0.5, 0.6) is 5.75 Å². The zero-order valence-corrected chi connectivity index (χ0v) is 16.6. The van der Waals surface area contributed by atoms with E-state index in [0.717, 1.165) is 34.3 Å². The number of para-hydroxylation sites is 1. The third-order valence-electron chi connectivity index (χ3n) is 5.54. The zero-order chi connectivity index (χ0) is 20.0. The minimum atomic E-state index is -0.0918. The van der Waals surface area contributed by atoms with Gasteiger partial charge in [-0.05, 0) is 38.0 Å². The van der Waals surface area contributed by atoms with Crippen LogP contribution in [0, 0.1) is 6.92 Å². The average molecular weight is 389 g/mol. The third-order valence-corrected chi connectivity index (χ3v) is 5.54. The van der Waals surface area contributed by atoms with Crippen molar-refractivity contribution in [3.8, 4) is 17.0 Å². The fourth-order valence-corrected chi connectivity index (χ4v) is 3.74. The number of ether oxygens (including phenoxy) is 1. The van der Waals surface area contributed by atoms with Gasteiger partial charge in [0.05, 0.1) is 18.8 Å². The molecule has 0 spiro atoms. The quantitative estimate of drug-likeness (QED) is 0.668. The summed E-state index contributed by atoms with van der Waals surface area (Å²) in [5.74, 6) is 3.17. The number of anilines is 1. The summed E-state index contributed by atoms with van der Waals surface area (Å²) in [5, 5.41) is 4.64. The van der Waals surface area contributed by atoms with Crippen LogP contribution in [0.3, 0.4) is 0 Å². The molecule has 7 heteroatoms. The Morgan fingerprint density at radius 3 is 2.62 bits per heavy atom. The van der Waals surface area contributed by atoms with E-state index < -0.39 is 0 Å². The second-order valence-corrected chi connectivity index (χ2v) is 7.76. The molecule has 0 N–H and O–H groups in total. The van der Waals surface area contributed by atoms with Gasteiger partial charge in [0, 0.05) is 42.4 Å². The molecule has 7 nitrogen and oxygen atoms in total. The fourth-order valence-electron chi connectivity index (χ4n) is 3.74. The molecule has 3 heterocycles. The van der Waals surface area contributed by atoms with E-state index in [2.05, 4.69) is 15.0 Å². The summed E-state index contributed by atoms with van der Waals surface area (Å²) < 4.78 is 7.03. The predicted octanol–water partition coefficient (Wildman–Crippen LogP) is 2.96. The number of methoxy groups -OCH3 is 1. The van der Waals surface area contributed by atoms with E-state index in [1.807, 2.05) is 37.3 Å². The van der Waals surface area contributed by atoms with Crippen LogP contribution in [0.1, 0.15) is 36.3 Å². The molecule has 0 atom stereocenters. The number of hydrogen-bond donors (Lipinski definition) is 0. The van der Waals surface area contributed by atoms with Crippen LogP contribution >= 0.6 is 0 Å². The van der Waals surface area contributed by atoms with Crippen molar-refractivity contribution in [2.75, 3.05) is 25.1 Å². The molecule has 3 aromatic rings. The van der Waals surface area contributed by atoms with Crippen LogP contribution in [-0.2, 0) is 0 Å². The van der Waals surface area contributed by atoms with Gasteiger partial charge < -0.3 is 9.64 Å². The predicted molar refractivity (Wildman–Crippen MR) is 110 cm³/mol. The molecule has 5 rings (SSSR count). The summed E-state index contributed by atoms with van der Waals surface area (Å²) in [7, 11) is 1.64. The number of rotatable bonds is 5. The Morgan fingerprint density at radius 1 is 1.07 bits per heavy atom. The zero-order valence-electron chi connectivity index (χ0n) is 16.6. The average Bonchev–Trinajstić information content (AvgIpc) is 3.53. The van der Waals surface area contributed by atoms with Crippen LogP contribution in [0.15, 0.2) is 47.3 Å². The van der Waals surface area contributed by atoms with E-state index in [9.17, 15) is 4.79 Å². The lowest BCUT2D eigenvalue weighted by molar-refractivity contribution is 0.352. The largest absolute Gasteiger partial charge is 0.496 e. The molecule has 2 aliphatic rings. The summed E-state index contributed by atoms with van der Waals surface area (Å²) in [6, 6.07) is 13.1. The Kier molecular flexibility index (Phi) is 4.30. The Labute approximate surface area is 169 Å². The van der Waals surface area contributed by atoms with Crippen molar-refractivity contribution < 1.29 is 4.74 Å². The normalized spacial score (nSPS) is 16.6. The molecule has 1 aliphatic heterocycles. The Bertz CT molecular complexity index is 1120. The maximum Gasteiger partial charge on any atom is 0.267 e. The van der Waals surface area contributed by atoms with Crippen molar-refractivity contribution in [1.29, 1.82) is 0 Å². The standard InChI is InChI=1S/C22H23N5O2/c1-14-11-20(24-22(23-14)15-7-8-15)26-12-16(13-26)27-21(28)10-9-18(25-27)17-5-3-4-6-19(17)29-2/h3-6,9-11,15-16H,7-8,12-13H2,1-2H3. The Balaban J connectivity index is 1.39. The summed E-state index contributed by atoms with van der Waals surface area (Å²) in [4.78, 5) is 24.0. The van der Waals surface area contributed by atoms with E-state index in [1.165, 1.54) is 12.8 Å². The Hall–Kier alpha value is -3.22. The smallest absolute Gasteiger partial charge is 0.267 e. The van der Waals surface area contributed by atoms with Crippen molar-refractivity contribution >= 4 is 5.82 Å². The van der Waals surface area contributed by atoms with Crippen LogP contribution in [0.4, 0.5) is 5.82 Å². The first kappa shape index (κ1) is 17.8. The minimum absolute atomic E-state index is 0.0248. The second kappa shape index (κ2) is 6.99. The number of hydrogen-bond acceptors (Lipinski definition) is 6. The molecule has 1 aliphatic carbocycles. The Morgan fingerprint density at radius 2 is 1.86 bits per heavy atom. The summed E-state index contributed by atoms with van der Waals surface area (Å²) in [5.41, 5.74) is 2.51. The molecule has 0 unspecified atom stereocenters. The summed E-state index contributed by atoms with van der Waals surface area (Å²) in [6.45, 7) is 3.43. The highest BCUT2D eigenvalue weighted by Gasteiger charge is 2.33. The first-order valence-electron chi connectivity index (χ1n) is 9.96. The monoisotopic (exact) mass is 389 g/mol. The lowest BCUT2D eigenvalue weighted by atomic mass is 10.1. The van der Waals surface area contributed by atoms with E-state index in [-0.39, 0.29) is 11.6 Å². The van der Waals surface area contributed by atoms with Gasteiger partial charge in [-0.3, -0.25) is 4.79 Å². The van der Waals surface area contributed by atoms with Gasteiger partial charge in [0.15, 0.2) is 0 Å². The maximum absolute atomic E-state index is 12.5. The molecular formula is C22H23N5O2. The number of nitrogens with zero attached hydrogens (tertiary/aromatic N) is 5. The highest BCUT2D eigenvalue weighted by Crippen LogP contribution is 2.39. The first-order valence-corrected chi connectivity index (χ1v) is 9.96. The lowest BCUT2D eigenvalue weighted by Crippen LogP contribution is -2.51. The van der Waals surface area contributed by atoms with Crippen molar-refractivity contribution in [3.05, 3.63) is 64.3 Å². The van der Waals surface area contributed by atoms with Crippen molar-refractivity contribution in [1.82, 2.24) is 19.7 Å². The van der Waals surface area contributed by atoms with Crippen molar-refractivity contribution in [2.24, 2.45) is 0 Å². The third kappa shape index (κ3) is 3.37. The molecule has 0 amide bonds. The van der Waals surface area contributed by atoms with Gasteiger partial charge in [0.25, 0.3) is 5.56 Å². The molecular weight excluding hydrogens is 366 g/mol. The number of aryl methyl sites for hydroxylation is 1. The molecule has 2 fully saturated rings. The van der Waals surface area contributed by atoms with Gasteiger partial charge in [0.1, 0.15) is 17.4 Å². The highest BCUT2D eigenvalue weighted by atomic mass is 16.5. The number of benzene rings is 1. The van der Waals surface area contributed by atoms with Crippen molar-refractivity contribution in [3.63, 3.8) is 0 Å². The molecule has 1 aromatic carbocycles. The van der Waals surface area contributed by atoms with Gasteiger partial charge in [-0.25, -0.2) is 14.6 Å². The van der Waals surface area contributed by atoms with E-state index in [4.69, 9.17) is 9.72 Å². The molecule has 29 heavy (non-hydrogen) atoms. The minimum Gasteiger partial charge on any atom is -0.496 e. The molecule has 0 bridgehead atoms. The van der Waals surface area contributed by atoms with Crippen LogP contribution in [0.25, 0.3) is 11.3 Å². The van der Waals surface area contributed by atoms with E-state index >= 15 is 0 Å². The van der Waals surface area contributed by atoms with Gasteiger partial charge in [-0.1, -0.05) is 12.1 Å². The molecule has 148 valence electrons. The molecule has 1 saturated carbocycles. The maximum atomic E-state index is 12.5. The van der Waals surface area contributed by atoms with E-state index in [1.54, 1.807) is 23.9 Å². The summed E-state index contributed by atoms with van der Waals surface area (Å²) >= 11 is 0. The second-order valence-electron chi connectivity index (χ2n) is 7.76. The van der Waals surface area contributed by atoms with Gasteiger partial charge in [0.2, 0.25) is 0 Å². The first-order chi connectivity index (χ1) is 14.1. The van der Waals surface area contributed by atoms with Gasteiger partial charge >= 0.3 is 0 Å². The molecule has 2 aromatic heterocycles. The number of aromatic nitrogens is 4.